The van der Waals surface area contributed by atoms with E-state index in [1.165, 1.54) is 0 Å². The van der Waals surface area contributed by atoms with Crippen molar-refractivity contribution < 1.29 is 4.42 Å². The van der Waals surface area contributed by atoms with Crippen LogP contribution in [0.1, 0.15) is 65.4 Å². The second-order valence-corrected chi connectivity index (χ2v) is 6.05. The molecule has 3 aromatic rings. The van der Waals surface area contributed by atoms with Gasteiger partial charge in [-0.15, -0.1) is 0 Å². The maximum absolute atomic E-state index is 4.98. The zero-order chi connectivity index (χ0) is 17.9. The highest BCUT2D eigenvalue weighted by atomic mass is 16.3. The van der Waals surface area contributed by atoms with Gasteiger partial charge in [0.25, 0.3) is 0 Å². The number of oxazole rings is 1. The number of nitrogens with zero attached hydrogens (tertiary/aromatic N) is 6. The van der Waals surface area contributed by atoms with Crippen molar-refractivity contribution in [3.63, 3.8) is 0 Å². The fourth-order valence-electron chi connectivity index (χ4n) is 1.60. The molecule has 7 heteroatoms. The van der Waals surface area contributed by atoms with Crippen molar-refractivity contribution in [2.45, 2.75) is 59.5 Å². The summed E-state index contributed by atoms with van der Waals surface area (Å²) in [4.78, 5) is 5.62. The number of aromatic nitrogens is 6. The van der Waals surface area contributed by atoms with Gasteiger partial charge in [-0.2, -0.15) is 20.1 Å². The lowest BCUT2D eigenvalue weighted by molar-refractivity contribution is 0.466. The summed E-state index contributed by atoms with van der Waals surface area (Å²) in [6, 6.07) is 2.80. The van der Waals surface area contributed by atoms with E-state index in [4.69, 9.17) is 4.42 Å². The van der Waals surface area contributed by atoms with E-state index >= 15 is 0 Å². The predicted octanol–water partition coefficient (Wildman–Crippen LogP) is 4.12. The van der Waals surface area contributed by atoms with Crippen LogP contribution in [0.25, 0.3) is 0 Å². The molecule has 0 aromatic carbocycles. The van der Waals surface area contributed by atoms with Crippen molar-refractivity contribution >= 4 is 0 Å². The summed E-state index contributed by atoms with van der Waals surface area (Å²) in [5, 5.41) is 11.9. The molecule has 24 heavy (non-hydrogen) atoms. The summed E-state index contributed by atoms with van der Waals surface area (Å²) in [5.74, 6) is 1.22. The Morgan fingerprint density at radius 3 is 1.75 bits per heavy atom. The molecule has 0 aliphatic carbocycles. The van der Waals surface area contributed by atoms with Crippen molar-refractivity contribution in [3.8, 4) is 0 Å². The minimum atomic E-state index is 0.380. The second-order valence-electron chi connectivity index (χ2n) is 6.05. The van der Waals surface area contributed by atoms with Crippen LogP contribution in [0, 0.1) is 0 Å². The van der Waals surface area contributed by atoms with E-state index in [9.17, 15) is 0 Å². The molecule has 0 N–H and O–H groups in total. The molecular weight excluding hydrogens is 304 g/mol. The van der Waals surface area contributed by atoms with Crippen LogP contribution in [0.2, 0.25) is 0 Å². The minimum Gasteiger partial charge on any atom is -0.449 e. The number of hydrogen-bond donors (Lipinski definition) is 0. The third-order valence-corrected chi connectivity index (χ3v) is 2.90. The van der Waals surface area contributed by atoms with Crippen molar-refractivity contribution in [2.75, 3.05) is 0 Å². The lowest BCUT2D eigenvalue weighted by atomic mass is 10.2. The van der Waals surface area contributed by atoms with Gasteiger partial charge < -0.3 is 4.42 Å². The Balaban J connectivity index is 0.000000180. The zero-order valence-electron chi connectivity index (χ0n) is 15.4. The molecule has 0 atom stereocenters. The molecule has 3 rings (SSSR count). The first-order valence-corrected chi connectivity index (χ1v) is 8.16. The molecule has 0 spiro atoms. The second kappa shape index (κ2) is 10.4. The van der Waals surface area contributed by atoms with E-state index in [0.717, 1.165) is 5.89 Å². The van der Waals surface area contributed by atoms with Gasteiger partial charge in [0.05, 0.1) is 24.6 Å². The lowest BCUT2D eigenvalue weighted by Gasteiger charge is -2.01. The molecule has 0 amide bonds. The SMILES string of the molecule is CC(C)c1ncco1.CC(C)n1cccn1.CC(C)n1nccn1. The fraction of sp³-hybridized carbons (Fsp3) is 0.529. The molecule has 132 valence electrons. The third kappa shape index (κ3) is 7.21. The summed E-state index contributed by atoms with van der Waals surface area (Å²) in [6.45, 7) is 12.4. The summed E-state index contributed by atoms with van der Waals surface area (Å²) in [7, 11) is 0. The van der Waals surface area contributed by atoms with Gasteiger partial charge in [0.2, 0.25) is 0 Å². The zero-order valence-corrected chi connectivity index (χ0v) is 15.4. The van der Waals surface area contributed by atoms with Crippen LogP contribution in [0.5, 0.6) is 0 Å². The van der Waals surface area contributed by atoms with Gasteiger partial charge in [-0.1, -0.05) is 13.8 Å². The highest BCUT2D eigenvalue weighted by molar-refractivity contribution is 4.85. The maximum Gasteiger partial charge on any atom is 0.196 e. The first-order chi connectivity index (χ1) is 11.4. The average Bonchev–Trinajstić information content (AvgIpc) is 3.29. The smallest absolute Gasteiger partial charge is 0.196 e. The molecule has 0 bridgehead atoms. The Kier molecular flexibility index (Phi) is 8.46. The topological polar surface area (TPSA) is 74.6 Å². The molecule has 0 aliphatic heterocycles. The molecular formula is C17H28N6O. The van der Waals surface area contributed by atoms with Gasteiger partial charge >= 0.3 is 0 Å². The Labute approximate surface area is 143 Å². The Bertz CT molecular complexity index is 521. The van der Waals surface area contributed by atoms with E-state index in [2.05, 4.69) is 34.1 Å². The average molecular weight is 332 g/mol. The van der Waals surface area contributed by atoms with Crippen LogP contribution in [-0.4, -0.2) is 29.8 Å². The molecule has 3 heterocycles. The normalized spacial score (nSPS) is 10.4. The largest absolute Gasteiger partial charge is 0.449 e. The van der Waals surface area contributed by atoms with Crippen molar-refractivity contribution in [3.05, 3.63) is 49.2 Å². The summed E-state index contributed by atoms with van der Waals surface area (Å²) in [6.07, 6.45) is 10.4. The van der Waals surface area contributed by atoms with Gasteiger partial charge in [0, 0.05) is 24.4 Å². The van der Waals surface area contributed by atoms with Crippen LogP contribution in [0.3, 0.4) is 0 Å². The van der Waals surface area contributed by atoms with Gasteiger partial charge in [0.15, 0.2) is 5.89 Å². The molecule has 0 radical (unpaired) electrons. The first kappa shape index (κ1) is 19.6. The summed E-state index contributed by atoms with van der Waals surface area (Å²) < 4.78 is 6.90. The van der Waals surface area contributed by atoms with Crippen molar-refractivity contribution in [1.29, 1.82) is 0 Å². The highest BCUT2D eigenvalue weighted by Gasteiger charge is 2.00. The third-order valence-electron chi connectivity index (χ3n) is 2.90. The van der Waals surface area contributed by atoms with E-state index in [-0.39, 0.29) is 0 Å². The van der Waals surface area contributed by atoms with Crippen LogP contribution in [0.15, 0.2) is 47.7 Å². The summed E-state index contributed by atoms with van der Waals surface area (Å²) >= 11 is 0. The van der Waals surface area contributed by atoms with Gasteiger partial charge in [-0.3, -0.25) is 4.68 Å². The number of rotatable bonds is 3. The minimum absolute atomic E-state index is 0.380. The number of hydrogen-bond acceptors (Lipinski definition) is 5. The molecule has 0 unspecified atom stereocenters. The Hall–Kier alpha value is -2.44. The molecule has 0 fully saturated rings. The van der Waals surface area contributed by atoms with Gasteiger partial charge in [0.1, 0.15) is 6.26 Å². The highest BCUT2D eigenvalue weighted by Crippen LogP contribution is 2.09. The molecule has 0 saturated carbocycles. The quantitative estimate of drug-likeness (QED) is 0.721. The Morgan fingerprint density at radius 2 is 1.50 bits per heavy atom. The van der Waals surface area contributed by atoms with E-state index in [1.807, 2.05) is 44.6 Å². The van der Waals surface area contributed by atoms with Crippen LogP contribution in [-0.2, 0) is 0 Å². The van der Waals surface area contributed by atoms with Crippen LogP contribution in [0.4, 0.5) is 0 Å². The molecule has 0 saturated heterocycles. The lowest BCUT2D eigenvalue weighted by Crippen LogP contribution is -2.03. The summed E-state index contributed by atoms with van der Waals surface area (Å²) in [5.41, 5.74) is 0. The van der Waals surface area contributed by atoms with Crippen LogP contribution >= 0.6 is 0 Å². The first-order valence-electron chi connectivity index (χ1n) is 8.16. The molecule has 3 aromatic heterocycles. The monoisotopic (exact) mass is 332 g/mol. The van der Waals surface area contributed by atoms with E-state index < -0.39 is 0 Å². The fourth-order valence-corrected chi connectivity index (χ4v) is 1.60. The van der Waals surface area contributed by atoms with Gasteiger partial charge in [-0.25, -0.2) is 4.98 Å². The van der Waals surface area contributed by atoms with E-state index in [1.54, 1.807) is 35.8 Å². The van der Waals surface area contributed by atoms with Crippen molar-refractivity contribution in [1.82, 2.24) is 29.8 Å². The Morgan fingerprint density at radius 1 is 0.833 bits per heavy atom. The van der Waals surface area contributed by atoms with Crippen molar-refractivity contribution in [2.24, 2.45) is 0 Å². The van der Waals surface area contributed by atoms with Crippen LogP contribution < -0.4 is 0 Å². The maximum atomic E-state index is 4.98. The standard InChI is InChI=1S/C6H10N2.C6H9NO.C5H9N3/c1-6(2)8-5-3-4-7-8;1-5(2)6-7-3-4-8-6;1-5(2)8-6-3-4-7-8/h3-6H,1-2H3;2*3-5H,1-2H3. The van der Waals surface area contributed by atoms with Gasteiger partial charge in [-0.05, 0) is 33.8 Å². The molecule has 7 nitrogen and oxygen atoms in total. The van der Waals surface area contributed by atoms with E-state index in [0.29, 0.717) is 18.0 Å². The molecule has 0 aliphatic rings. The predicted molar refractivity (Wildman–Crippen MR) is 93.6 cm³/mol.